The molecule has 10 N–H and O–H groups in total. The Balaban J connectivity index is 1.92. The fourth-order valence-electron chi connectivity index (χ4n) is 3.18. The van der Waals surface area contributed by atoms with Crippen LogP contribution >= 0.6 is 23.0 Å². The number of aliphatic hydroxyl groups is 1. The minimum atomic E-state index is -4.94. The lowest BCUT2D eigenvalue weighted by atomic mass is 10.1. The zero-order valence-electron chi connectivity index (χ0n) is 18.4. The maximum Gasteiger partial charge on any atom is 0.472 e. The van der Waals surface area contributed by atoms with Crippen LogP contribution in [-0.2, 0) is 32.0 Å². The van der Waals surface area contributed by atoms with Gasteiger partial charge in [-0.15, -0.1) is 0 Å². The van der Waals surface area contributed by atoms with Crippen molar-refractivity contribution in [2.45, 2.75) is 37.5 Å². The zero-order chi connectivity index (χ0) is 27.1. The van der Waals surface area contributed by atoms with Crippen LogP contribution in [0.5, 0.6) is 0 Å². The highest BCUT2D eigenvalue weighted by Crippen LogP contribution is 2.56. The van der Waals surface area contributed by atoms with Gasteiger partial charge in [-0.3, -0.25) is 32.5 Å². The lowest BCUT2D eigenvalue weighted by Gasteiger charge is -2.24. The monoisotopic (exact) mass is 578 g/mol. The van der Waals surface area contributed by atoms with Crippen LogP contribution < -0.4 is 17.0 Å². The number of phosphoric acid groups is 1. The van der Waals surface area contributed by atoms with E-state index in [1.165, 1.54) is 6.92 Å². The van der Waals surface area contributed by atoms with E-state index in [0.29, 0.717) is 0 Å². The van der Waals surface area contributed by atoms with Crippen molar-refractivity contribution < 1.29 is 56.7 Å². The molecule has 2 aromatic heterocycles. The van der Waals surface area contributed by atoms with Crippen molar-refractivity contribution >= 4 is 40.1 Å². The number of imidazole rings is 1. The van der Waals surface area contributed by atoms with Gasteiger partial charge in [0, 0.05) is 6.04 Å². The predicted molar refractivity (Wildman–Crippen MR) is 119 cm³/mol. The van der Waals surface area contributed by atoms with E-state index in [0.717, 1.165) is 10.9 Å². The Morgan fingerprint density at radius 3 is 2.53 bits per heavy atom. The lowest BCUT2D eigenvalue weighted by Crippen LogP contribution is -2.35. The molecular weight excluding hydrogens is 553 g/mol. The van der Waals surface area contributed by atoms with Crippen molar-refractivity contribution in [3.05, 3.63) is 16.7 Å². The number of aromatic nitrogens is 4. The molecule has 0 amide bonds. The molecule has 36 heavy (non-hydrogen) atoms. The van der Waals surface area contributed by atoms with Gasteiger partial charge in [0.2, 0.25) is 5.95 Å². The molecule has 1 fully saturated rings. The standard InChI is InChI=1S/C14H25N6O13P3/c1-6(15)2-31-36(28,29)33-10-9(21)7(3-30-35(26,27)5-34(23,24)25)32-13(10)20-4-17-8-11(20)18-14(16)19-12(8)22/h4,6-7,9-10,13,21H,2-3,5,15H2,1H3,(H,26,27)(H,28,29)(H2,23,24,25)(H3,16,18,19,22). The number of nitrogens with zero attached hydrogens (tertiary/aromatic N) is 3. The van der Waals surface area contributed by atoms with Gasteiger partial charge in [-0.1, -0.05) is 0 Å². The quantitative estimate of drug-likeness (QED) is 0.136. The Bertz CT molecular complexity index is 1290. The van der Waals surface area contributed by atoms with Crippen LogP contribution in [0.15, 0.2) is 11.1 Å². The number of hydrogen-bond acceptors (Lipinski definition) is 13. The summed E-state index contributed by atoms with van der Waals surface area (Å²) in [7, 11) is -14.6. The molecule has 2 aromatic rings. The number of H-pyrrole nitrogens is 1. The minimum Gasteiger partial charge on any atom is -0.387 e. The first kappa shape index (κ1) is 29.0. The fraction of sp³-hybridized carbons (Fsp3) is 0.643. The highest BCUT2D eigenvalue weighted by molar-refractivity contribution is 7.70. The molecular formula is C14H25N6O13P3. The van der Waals surface area contributed by atoms with E-state index in [2.05, 4.69) is 15.0 Å². The zero-order valence-corrected chi connectivity index (χ0v) is 21.1. The normalized spacial score (nSPS) is 27.1. The van der Waals surface area contributed by atoms with Gasteiger partial charge in [-0.2, -0.15) is 4.98 Å². The van der Waals surface area contributed by atoms with Crippen molar-refractivity contribution in [2.24, 2.45) is 5.73 Å². The Hall–Kier alpha value is -1.56. The van der Waals surface area contributed by atoms with E-state index in [1.807, 2.05) is 0 Å². The summed E-state index contributed by atoms with van der Waals surface area (Å²) in [6.45, 7) is 0.191. The van der Waals surface area contributed by atoms with E-state index in [4.69, 9.17) is 39.6 Å². The molecule has 1 saturated heterocycles. The third-order valence-corrected chi connectivity index (χ3v) is 9.04. The minimum absolute atomic E-state index is 0.165. The maximum absolute atomic E-state index is 12.5. The van der Waals surface area contributed by atoms with Crippen LogP contribution in [0, 0.1) is 0 Å². The molecule has 0 saturated carbocycles. The summed E-state index contributed by atoms with van der Waals surface area (Å²) in [6, 6.07) is -0.653. The maximum atomic E-state index is 12.5. The highest BCUT2D eigenvalue weighted by atomic mass is 31.2. The second-order valence-corrected chi connectivity index (χ2v) is 13.3. The van der Waals surface area contributed by atoms with E-state index >= 15 is 0 Å². The van der Waals surface area contributed by atoms with E-state index in [-0.39, 0.29) is 17.1 Å². The van der Waals surface area contributed by atoms with Gasteiger partial charge < -0.3 is 45.4 Å². The average molecular weight is 578 g/mol. The Kier molecular flexibility index (Phi) is 8.59. The smallest absolute Gasteiger partial charge is 0.387 e. The molecule has 7 unspecified atom stereocenters. The molecule has 0 aromatic carbocycles. The topological polar surface area (TPSA) is 305 Å². The number of nitrogens with two attached hydrogens (primary N) is 2. The number of aliphatic hydroxyl groups excluding tert-OH is 1. The van der Waals surface area contributed by atoms with Crippen LogP contribution in [0.3, 0.4) is 0 Å². The van der Waals surface area contributed by atoms with Gasteiger partial charge in [0.15, 0.2) is 23.3 Å². The number of phosphoric ester groups is 1. The van der Waals surface area contributed by atoms with E-state index < -0.39 is 78.3 Å². The van der Waals surface area contributed by atoms with Gasteiger partial charge in [-0.25, -0.2) is 9.55 Å². The Labute approximate surface area is 201 Å². The molecule has 22 heteroatoms. The first-order valence-electron chi connectivity index (χ1n) is 9.96. The number of fused-ring (bicyclic) bond motifs is 1. The van der Waals surface area contributed by atoms with Crippen molar-refractivity contribution in [3.8, 4) is 0 Å². The van der Waals surface area contributed by atoms with Gasteiger partial charge in [0.25, 0.3) is 5.56 Å². The number of nitrogens with one attached hydrogen (secondary N) is 1. The van der Waals surface area contributed by atoms with Crippen molar-refractivity contribution in [1.29, 1.82) is 0 Å². The van der Waals surface area contributed by atoms with Gasteiger partial charge >= 0.3 is 23.0 Å². The summed E-state index contributed by atoms with van der Waals surface area (Å²) in [4.78, 5) is 59.8. The second-order valence-electron chi connectivity index (χ2n) is 7.88. The molecule has 0 aliphatic carbocycles. The van der Waals surface area contributed by atoms with Crippen LogP contribution in [0.25, 0.3) is 11.2 Å². The fourth-order valence-corrected chi connectivity index (χ4v) is 6.77. The van der Waals surface area contributed by atoms with Gasteiger partial charge in [0.1, 0.15) is 18.3 Å². The van der Waals surface area contributed by atoms with Gasteiger partial charge in [-0.05, 0) is 6.92 Å². The average Bonchev–Trinajstić information content (AvgIpc) is 3.25. The SMILES string of the molecule is CC(N)COP(=O)(O)OC1C(O)C(COP(=O)(O)CP(=O)(O)O)OC1n1cnc2c(=O)[nH]c(N)nc21. The van der Waals surface area contributed by atoms with Crippen LogP contribution in [0.2, 0.25) is 0 Å². The summed E-state index contributed by atoms with van der Waals surface area (Å²) in [5, 5.41) is 10.8. The lowest BCUT2D eigenvalue weighted by molar-refractivity contribution is -0.0487. The molecule has 3 heterocycles. The molecule has 204 valence electrons. The first-order valence-corrected chi connectivity index (χ1v) is 15.0. The number of rotatable bonds is 11. The largest absolute Gasteiger partial charge is 0.472 e. The summed E-state index contributed by atoms with van der Waals surface area (Å²) < 4.78 is 56.7. The highest BCUT2D eigenvalue weighted by Gasteiger charge is 2.50. The van der Waals surface area contributed by atoms with Crippen LogP contribution in [-0.4, -0.2) is 87.7 Å². The summed E-state index contributed by atoms with van der Waals surface area (Å²) in [5.41, 5.74) is 9.98. The van der Waals surface area contributed by atoms with Crippen LogP contribution in [0.4, 0.5) is 5.95 Å². The third-order valence-electron chi connectivity index (χ3n) is 4.60. The van der Waals surface area contributed by atoms with Crippen molar-refractivity contribution in [1.82, 2.24) is 19.5 Å². The van der Waals surface area contributed by atoms with Gasteiger partial charge in [0.05, 0.1) is 19.5 Å². The molecule has 0 spiro atoms. The van der Waals surface area contributed by atoms with Crippen molar-refractivity contribution in [2.75, 3.05) is 24.9 Å². The van der Waals surface area contributed by atoms with Crippen LogP contribution in [0.1, 0.15) is 13.2 Å². The summed E-state index contributed by atoms with van der Waals surface area (Å²) >= 11 is 0. The number of nitrogen functional groups attached to an aromatic ring is 1. The number of anilines is 1. The predicted octanol–water partition coefficient (Wildman–Crippen LogP) is -1.85. The molecule has 3 rings (SSSR count). The van der Waals surface area contributed by atoms with E-state index in [9.17, 15) is 33.4 Å². The summed E-state index contributed by atoms with van der Waals surface area (Å²) in [6.07, 6.45) is -5.60. The Morgan fingerprint density at radius 1 is 1.25 bits per heavy atom. The first-order chi connectivity index (χ1) is 16.5. The Morgan fingerprint density at radius 2 is 1.92 bits per heavy atom. The molecule has 1 aliphatic rings. The molecule has 19 nitrogen and oxygen atoms in total. The number of hydrogen-bond donors (Lipinski definition) is 8. The molecule has 1 aliphatic heterocycles. The summed E-state index contributed by atoms with van der Waals surface area (Å²) in [5.74, 6) is -1.81. The number of aromatic amines is 1. The molecule has 0 radical (unpaired) electrons. The van der Waals surface area contributed by atoms with E-state index in [1.54, 1.807) is 0 Å². The number of ether oxygens (including phenoxy) is 1. The van der Waals surface area contributed by atoms with Crippen molar-refractivity contribution in [3.63, 3.8) is 0 Å². The second kappa shape index (κ2) is 10.7. The third kappa shape index (κ3) is 7.26. The molecule has 7 atom stereocenters. The molecule has 0 bridgehead atoms.